The summed E-state index contributed by atoms with van der Waals surface area (Å²) in [6.45, 7) is 5.58. The summed E-state index contributed by atoms with van der Waals surface area (Å²) in [6, 6.07) is 5.78. The van der Waals surface area contributed by atoms with Gasteiger partial charge in [-0.1, -0.05) is 6.07 Å². The molecule has 0 saturated carbocycles. The van der Waals surface area contributed by atoms with Gasteiger partial charge in [0, 0.05) is 14.0 Å². The van der Waals surface area contributed by atoms with Gasteiger partial charge in [0.2, 0.25) is 0 Å². The van der Waals surface area contributed by atoms with Gasteiger partial charge in [0.15, 0.2) is 5.90 Å². The van der Waals surface area contributed by atoms with Gasteiger partial charge in [0.1, 0.15) is 17.9 Å². The Morgan fingerprint density at radius 3 is 2.39 bits per heavy atom. The van der Waals surface area contributed by atoms with E-state index in [-0.39, 0.29) is 0 Å². The van der Waals surface area contributed by atoms with Crippen LogP contribution in [0.4, 0.5) is 9.18 Å². The van der Waals surface area contributed by atoms with E-state index in [1.807, 2.05) is 32.0 Å². The van der Waals surface area contributed by atoms with E-state index >= 15 is 0 Å². The second-order valence-electron chi connectivity index (χ2n) is 3.87. The summed E-state index contributed by atoms with van der Waals surface area (Å²) in [7, 11) is 1.29. The van der Waals surface area contributed by atoms with Gasteiger partial charge in [-0.05, 0) is 37.1 Å². The van der Waals surface area contributed by atoms with Crippen LogP contribution in [0, 0.1) is 13.8 Å². The number of rotatable bonds is 3. The van der Waals surface area contributed by atoms with Gasteiger partial charge < -0.3 is 4.74 Å². The van der Waals surface area contributed by atoms with E-state index in [0.717, 1.165) is 15.4 Å². The van der Waals surface area contributed by atoms with Crippen LogP contribution < -0.4 is 4.74 Å². The number of hydrogen-bond donors (Lipinski definition) is 0. The van der Waals surface area contributed by atoms with Crippen LogP contribution in [0.15, 0.2) is 22.6 Å². The van der Waals surface area contributed by atoms with Crippen molar-refractivity contribution in [3.05, 3.63) is 29.3 Å². The predicted molar refractivity (Wildman–Crippen MR) is 71.5 cm³/mol. The average molecular weight is 270 g/mol. The molecule has 0 N–H and O–H groups in total. The van der Waals surface area contributed by atoms with Crippen LogP contribution in [0.5, 0.6) is 5.75 Å². The topological polar surface area (TPSA) is 41.9 Å². The molecule has 0 atom stereocenters. The minimum atomic E-state index is -1.55. The highest BCUT2D eigenvalue weighted by Crippen LogP contribution is 2.18. The number of benzene rings is 1. The number of halogens is 1. The number of ether oxygens (including phenoxy) is 1. The molecule has 1 amide bonds. The van der Waals surface area contributed by atoms with Crippen molar-refractivity contribution in [2.45, 2.75) is 20.8 Å². The lowest BCUT2D eigenvalue weighted by atomic mass is 10.1. The molecule has 1 rings (SSSR count). The summed E-state index contributed by atoms with van der Waals surface area (Å²) >= 11 is 0.692. The van der Waals surface area contributed by atoms with Crippen LogP contribution in [0.2, 0.25) is 0 Å². The molecule has 1 aromatic rings. The summed E-state index contributed by atoms with van der Waals surface area (Å²) < 4.78 is 22.4. The Bertz CT molecular complexity index is 457. The van der Waals surface area contributed by atoms with E-state index in [4.69, 9.17) is 4.74 Å². The Morgan fingerprint density at radius 1 is 1.33 bits per heavy atom. The van der Waals surface area contributed by atoms with Crippen molar-refractivity contribution in [1.82, 2.24) is 4.31 Å². The molecule has 0 aromatic heterocycles. The molecule has 0 radical (unpaired) electrons. The number of nitrogens with zero attached hydrogens (tertiary/aromatic N) is 2. The second-order valence-corrected chi connectivity index (χ2v) is 4.76. The molecule has 0 heterocycles. The van der Waals surface area contributed by atoms with E-state index < -0.39 is 6.16 Å². The number of amides is 1. The molecule has 0 aliphatic heterocycles. The van der Waals surface area contributed by atoms with Gasteiger partial charge in [0.05, 0.1) is 0 Å². The molecular formula is C12H15FN2O2S. The molecule has 98 valence electrons. The van der Waals surface area contributed by atoms with Gasteiger partial charge in [-0.3, -0.25) is 0 Å². The normalized spacial score (nSPS) is 11.3. The maximum absolute atomic E-state index is 12.2. The standard InChI is InChI=1S/C12H15FN2O2S/c1-8-5-9(2)7-11(6-8)17-10(3)14-18-15(4)12(13)16/h5-7H,1-4H3/b14-10+. The zero-order chi connectivity index (χ0) is 13.7. The molecule has 1 aromatic carbocycles. The van der Waals surface area contributed by atoms with E-state index in [1.165, 1.54) is 7.05 Å². The fraction of sp³-hybridized carbons (Fsp3) is 0.333. The summed E-state index contributed by atoms with van der Waals surface area (Å²) in [5.41, 5.74) is 2.17. The summed E-state index contributed by atoms with van der Waals surface area (Å²) in [4.78, 5) is 10.3. The molecule has 0 aliphatic rings. The van der Waals surface area contributed by atoms with Crippen molar-refractivity contribution in [3.8, 4) is 5.75 Å². The zero-order valence-electron chi connectivity index (χ0n) is 10.7. The lowest BCUT2D eigenvalue weighted by molar-refractivity contribution is 0.209. The Hall–Kier alpha value is -1.56. The summed E-state index contributed by atoms with van der Waals surface area (Å²) in [5, 5.41) is 0. The molecule has 4 nitrogen and oxygen atoms in total. The minimum Gasteiger partial charge on any atom is -0.443 e. The van der Waals surface area contributed by atoms with Crippen LogP contribution in [0.3, 0.4) is 0 Å². The van der Waals surface area contributed by atoms with E-state index in [9.17, 15) is 9.18 Å². The third-order valence-electron chi connectivity index (χ3n) is 2.00. The van der Waals surface area contributed by atoms with Crippen molar-refractivity contribution in [2.75, 3.05) is 7.05 Å². The lowest BCUT2D eigenvalue weighted by Gasteiger charge is -2.09. The molecular weight excluding hydrogens is 255 g/mol. The van der Waals surface area contributed by atoms with Gasteiger partial charge in [0.25, 0.3) is 0 Å². The van der Waals surface area contributed by atoms with E-state index in [2.05, 4.69) is 4.40 Å². The first-order valence-corrected chi connectivity index (χ1v) is 6.02. The highest BCUT2D eigenvalue weighted by Gasteiger charge is 2.07. The maximum Gasteiger partial charge on any atom is 0.411 e. The van der Waals surface area contributed by atoms with Gasteiger partial charge >= 0.3 is 6.16 Å². The van der Waals surface area contributed by atoms with Crippen LogP contribution in [0.1, 0.15) is 18.1 Å². The first kappa shape index (κ1) is 14.5. The summed E-state index contributed by atoms with van der Waals surface area (Å²) in [5.74, 6) is 1.02. The van der Waals surface area contributed by atoms with E-state index in [0.29, 0.717) is 23.8 Å². The van der Waals surface area contributed by atoms with Crippen molar-refractivity contribution < 1.29 is 13.9 Å². The number of carbonyl (C=O) groups excluding carboxylic acids is 1. The van der Waals surface area contributed by atoms with Gasteiger partial charge in [-0.2, -0.15) is 4.40 Å². The Morgan fingerprint density at radius 2 is 1.89 bits per heavy atom. The number of hydrogen-bond acceptors (Lipinski definition) is 4. The number of aryl methyl sites for hydroxylation is 2. The SMILES string of the molecule is C/C(=N\SN(C)C(=O)F)Oc1cc(C)cc(C)c1. The first-order chi connectivity index (χ1) is 8.38. The molecule has 0 saturated heterocycles. The van der Waals surface area contributed by atoms with Crippen molar-refractivity contribution in [1.29, 1.82) is 0 Å². The monoisotopic (exact) mass is 270 g/mol. The van der Waals surface area contributed by atoms with Crippen LogP contribution in [-0.2, 0) is 0 Å². The third kappa shape index (κ3) is 4.75. The molecule has 6 heteroatoms. The van der Waals surface area contributed by atoms with Gasteiger partial charge in [-0.15, -0.1) is 4.39 Å². The van der Waals surface area contributed by atoms with E-state index in [1.54, 1.807) is 6.92 Å². The largest absolute Gasteiger partial charge is 0.443 e. The predicted octanol–water partition coefficient (Wildman–Crippen LogP) is 3.69. The molecule has 18 heavy (non-hydrogen) atoms. The molecule has 0 bridgehead atoms. The molecule has 0 fully saturated rings. The fourth-order valence-electron chi connectivity index (χ4n) is 1.33. The highest BCUT2D eigenvalue weighted by molar-refractivity contribution is 7.96. The smallest absolute Gasteiger partial charge is 0.411 e. The quantitative estimate of drug-likeness (QED) is 0.276. The van der Waals surface area contributed by atoms with Crippen molar-refractivity contribution in [2.24, 2.45) is 4.40 Å². The zero-order valence-corrected chi connectivity index (χ0v) is 11.5. The average Bonchev–Trinajstić information content (AvgIpc) is 2.24. The fourth-order valence-corrected chi connectivity index (χ4v) is 1.67. The summed E-state index contributed by atoms with van der Waals surface area (Å²) in [6.07, 6.45) is -1.55. The lowest BCUT2D eigenvalue weighted by Crippen LogP contribution is -2.12. The van der Waals surface area contributed by atoms with Crippen molar-refractivity contribution in [3.63, 3.8) is 0 Å². The highest BCUT2D eigenvalue weighted by atomic mass is 32.2. The van der Waals surface area contributed by atoms with Crippen LogP contribution in [0.25, 0.3) is 0 Å². The van der Waals surface area contributed by atoms with Crippen LogP contribution in [-0.4, -0.2) is 23.4 Å². The Labute approximate surface area is 110 Å². The van der Waals surface area contributed by atoms with Crippen molar-refractivity contribution >= 4 is 24.2 Å². The first-order valence-electron chi connectivity index (χ1n) is 5.29. The Kier molecular flexibility index (Phi) is 5.15. The maximum atomic E-state index is 12.2. The molecule has 0 unspecified atom stereocenters. The minimum absolute atomic E-state index is 0.345. The van der Waals surface area contributed by atoms with Gasteiger partial charge in [-0.25, -0.2) is 9.10 Å². The third-order valence-corrected chi connectivity index (χ3v) is 2.73. The van der Waals surface area contributed by atoms with Crippen LogP contribution >= 0.6 is 12.1 Å². The number of carbonyl (C=O) groups is 1. The Balaban J connectivity index is 2.66. The molecule has 0 aliphatic carbocycles. The molecule has 0 spiro atoms. The second kappa shape index (κ2) is 6.39.